The average molecular weight is 303 g/mol. The van der Waals surface area contributed by atoms with E-state index in [0.29, 0.717) is 6.54 Å². The number of benzene rings is 1. The van der Waals surface area contributed by atoms with Crippen LogP contribution in [-0.2, 0) is 18.3 Å². The number of nitrogens with one attached hydrogen (secondary N) is 1. The van der Waals surface area contributed by atoms with Gasteiger partial charge in [0.05, 0.1) is 18.1 Å². The van der Waals surface area contributed by atoms with Crippen LogP contribution in [0, 0.1) is 5.92 Å². The van der Waals surface area contributed by atoms with Crippen molar-refractivity contribution in [1.29, 1.82) is 0 Å². The first kappa shape index (κ1) is 16.3. The largest absolute Gasteiger partial charge is 0.497 e. The molecule has 5 heteroatoms. The molecule has 1 aromatic carbocycles. The van der Waals surface area contributed by atoms with Crippen molar-refractivity contribution in [2.75, 3.05) is 13.7 Å². The van der Waals surface area contributed by atoms with E-state index in [4.69, 9.17) is 4.74 Å². The number of hydrogen-bond donors (Lipinski definition) is 1. The molecule has 0 atom stereocenters. The second-order valence-electron chi connectivity index (χ2n) is 5.50. The van der Waals surface area contributed by atoms with Crippen LogP contribution in [0.5, 0.6) is 5.75 Å². The Morgan fingerprint density at radius 1 is 1.36 bits per heavy atom. The van der Waals surface area contributed by atoms with Gasteiger partial charge in [-0.15, -0.1) is 0 Å². The Kier molecular flexibility index (Phi) is 5.41. The topological polar surface area (TPSA) is 56.1 Å². The number of fused-ring (bicyclic) bond motifs is 1. The third-order valence-electron chi connectivity index (χ3n) is 4.18. The van der Waals surface area contributed by atoms with Crippen LogP contribution in [0.4, 0.5) is 0 Å². The highest BCUT2D eigenvalue weighted by Gasteiger charge is 2.14. The fourth-order valence-corrected chi connectivity index (χ4v) is 2.68. The number of ether oxygens (including phenoxy) is 1. The predicted molar refractivity (Wildman–Crippen MR) is 88.1 cm³/mol. The molecule has 1 aromatic heterocycles. The van der Waals surface area contributed by atoms with Gasteiger partial charge in [0.25, 0.3) is 0 Å². The second-order valence-corrected chi connectivity index (χ2v) is 5.50. The molecule has 0 spiro atoms. The van der Waals surface area contributed by atoms with Crippen LogP contribution in [0.1, 0.15) is 32.5 Å². The van der Waals surface area contributed by atoms with Gasteiger partial charge in [-0.2, -0.15) is 0 Å². The van der Waals surface area contributed by atoms with Crippen LogP contribution in [0.25, 0.3) is 11.0 Å². The van der Waals surface area contributed by atoms with E-state index in [1.165, 1.54) is 0 Å². The van der Waals surface area contributed by atoms with E-state index >= 15 is 0 Å². The van der Waals surface area contributed by atoms with Crippen molar-refractivity contribution in [3.8, 4) is 5.75 Å². The molecule has 2 aromatic rings. The molecule has 0 bridgehead atoms. The zero-order chi connectivity index (χ0) is 16.1. The summed E-state index contributed by atoms with van der Waals surface area (Å²) < 4.78 is 7.30. The lowest BCUT2D eigenvalue weighted by Gasteiger charge is -2.12. The lowest BCUT2D eigenvalue weighted by molar-refractivity contribution is -0.125. The molecule has 0 aliphatic heterocycles. The third kappa shape index (κ3) is 3.40. The van der Waals surface area contributed by atoms with Crippen molar-refractivity contribution in [3.63, 3.8) is 0 Å². The van der Waals surface area contributed by atoms with Crippen LogP contribution >= 0.6 is 0 Å². The standard InChI is InChI=1S/C17H25N3O2/c1-5-12(6-2)17(21)18-10-9-16-19-14-11-13(22-4)7-8-15(14)20(16)3/h7-8,11-12H,5-6,9-10H2,1-4H3,(H,18,21). The third-order valence-corrected chi connectivity index (χ3v) is 4.18. The van der Waals surface area contributed by atoms with Crippen molar-refractivity contribution >= 4 is 16.9 Å². The summed E-state index contributed by atoms with van der Waals surface area (Å²) in [6.45, 7) is 4.71. The second kappa shape index (κ2) is 7.29. The molecule has 0 fully saturated rings. The molecule has 0 radical (unpaired) electrons. The maximum atomic E-state index is 12.0. The quantitative estimate of drug-likeness (QED) is 0.855. The van der Waals surface area contributed by atoms with Crippen molar-refractivity contribution in [2.45, 2.75) is 33.1 Å². The minimum Gasteiger partial charge on any atom is -0.497 e. The van der Waals surface area contributed by atoms with Gasteiger partial charge in [0, 0.05) is 32.0 Å². The maximum Gasteiger partial charge on any atom is 0.223 e. The maximum absolute atomic E-state index is 12.0. The first-order valence-electron chi connectivity index (χ1n) is 7.87. The molecule has 120 valence electrons. The van der Waals surface area contributed by atoms with Crippen molar-refractivity contribution in [1.82, 2.24) is 14.9 Å². The lowest BCUT2D eigenvalue weighted by Crippen LogP contribution is -2.32. The molecule has 0 unspecified atom stereocenters. The SMILES string of the molecule is CCC(CC)C(=O)NCCc1nc2cc(OC)ccc2n1C. The minimum atomic E-state index is 0.115. The summed E-state index contributed by atoms with van der Waals surface area (Å²) in [6.07, 6.45) is 2.49. The molecule has 5 nitrogen and oxygen atoms in total. The zero-order valence-electron chi connectivity index (χ0n) is 13.8. The van der Waals surface area contributed by atoms with Gasteiger partial charge in [0.1, 0.15) is 11.6 Å². The number of aromatic nitrogens is 2. The predicted octanol–water partition coefficient (Wildman–Crippen LogP) is 2.68. The highest BCUT2D eigenvalue weighted by molar-refractivity contribution is 5.79. The molecule has 1 heterocycles. The van der Waals surface area contributed by atoms with E-state index in [-0.39, 0.29) is 11.8 Å². The van der Waals surface area contributed by atoms with Gasteiger partial charge in [-0.3, -0.25) is 4.79 Å². The van der Waals surface area contributed by atoms with E-state index in [1.54, 1.807) is 7.11 Å². The summed E-state index contributed by atoms with van der Waals surface area (Å²) in [7, 11) is 3.65. The highest BCUT2D eigenvalue weighted by Crippen LogP contribution is 2.21. The number of aryl methyl sites for hydroxylation is 1. The smallest absolute Gasteiger partial charge is 0.223 e. The summed E-state index contributed by atoms with van der Waals surface area (Å²) >= 11 is 0. The molecule has 0 aliphatic carbocycles. The van der Waals surface area contributed by atoms with E-state index in [2.05, 4.69) is 14.9 Å². The number of nitrogens with zero attached hydrogens (tertiary/aromatic N) is 2. The Morgan fingerprint density at radius 3 is 2.73 bits per heavy atom. The molecular weight excluding hydrogens is 278 g/mol. The Hall–Kier alpha value is -2.04. The fraction of sp³-hybridized carbons (Fsp3) is 0.529. The molecule has 0 saturated heterocycles. The molecule has 22 heavy (non-hydrogen) atoms. The Labute approximate surface area is 131 Å². The molecule has 2 rings (SSSR count). The van der Waals surface area contributed by atoms with Crippen LogP contribution in [0.3, 0.4) is 0 Å². The van der Waals surface area contributed by atoms with Gasteiger partial charge >= 0.3 is 0 Å². The van der Waals surface area contributed by atoms with Crippen LogP contribution in [-0.4, -0.2) is 29.1 Å². The number of hydrogen-bond acceptors (Lipinski definition) is 3. The molecule has 0 aliphatic rings. The fourth-order valence-electron chi connectivity index (χ4n) is 2.68. The number of rotatable bonds is 7. The average Bonchev–Trinajstić information content (AvgIpc) is 2.84. The van der Waals surface area contributed by atoms with Gasteiger partial charge in [-0.1, -0.05) is 13.8 Å². The summed E-state index contributed by atoms with van der Waals surface area (Å²) in [6, 6.07) is 5.87. The van der Waals surface area contributed by atoms with Gasteiger partial charge < -0.3 is 14.6 Å². The summed E-state index contributed by atoms with van der Waals surface area (Å²) in [4.78, 5) is 16.6. The van der Waals surface area contributed by atoms with E-state index in [9.17, 15) is 4.79 Å². The van der Waals surface area contributed by atoms with Crippen molar-refractivity contribution in [2.24, 2.45) is 13.0 Å². The Bertz CT molecular complexity index is 645. The minimum absolute atomic E-state index is 0.115. The van der Waals surface area contributed by atoms with Crippen LogP contribution < -0.4 is 10.1 Å². The normalized spacial score (nSPS) is 11.1. The van der Waals surface area contributed by atoms with Crippen molar-refractivity contribution in [3.05, 3.63) is 24.0 Å². The molecule has 1 amide bonds. The summed E-state index contributed by atoms with van der Waals surface area (Å²) in [5, 5.41) is 3.01. The van der Waals surface area contributed by atoms with Gasteiger partial charge in [0.15, 0.2) is 0 Å². The monoisotopic (exact) mass is 303 g/mol. The number of methoxy groups -OCH3 is 1. The van der Waals surface area contributed by atoms with Crippen molar-refractivity contribution < 1.29 is 9.53 Å². The molecule has 1 N–H and O–H groups in total. The van der Waals surface area contributed by atoms with Crippen LogP contribution in [0.2, 0.25) is 0 Å². The number of imidazole rings is 1. The first-order chi connectivity index (χ1) is 10.6. The lowest BCUT2D eigenvalue weighted by atomic mass is 10.0. The highest BCUT2D eigenvalue weighted by atomic mass is 16.5. The number of carbonyl (C=O) groups excluding carboxylic acids is 1. The van der Waals surface area contributed by atoms with Gasteiger partial charge in [-0.05, 0) is 25.0 Å². The molecule has 0 saturated carbocycles. The Morgan fingerprint density at radius 2 is 2.09 bits per heavy atom. The Balaban J connectivity index is 2.03. The van der Waals surface area contributed by atoms with E-state index in [0.717, 1.165) is 41.9 Å². The number of amides is 1. The summed E-state index contributed by atoms with van der Waals surface area (Å²) in [5.74, 6) is 2.03. The number of carbonyl (C=O) groups is 1. The van der Waals surface area contributed by atoms with Gasteiger partial charge in [-0.25, -0.2) is 4.98 Å². The van der Waals surface area contributed by atoms with E-state index in [1.807, 2.05) is 39.1 Å². The van der Waals surface area contributed by atoms with Gasteiger partial charge in [0.2, 0.25) is 5.91 Å². The first-order valence-corrected chi connectivity index (χ1v) is 7.87. The zero-order valence-corrected chi connectivity index (χ0v) is 13.8. The molecular formula is C17H25N3O2. The van der Waals surface area contributed by atoms with E-state index < -0.39 is 0 Å². The van der Waals surface area contributed by atoms with Crippen LogP contribution in [0.15, 0.2) is 18.2 Å². The summed E-state index contributed by atoms with van der Waals surface area (Å²) in [5.41, 5.74) is 1.99.